The Morgan fingerprint density at radius 3 is 2.46 bits per heavy atom. The van der Waals surface area contributed by atoms with E-state index in [0.29, 0.717) is 12.1 Å². The lowest BCUT2D eigenvalue weighted by Crippen LogP contribution is -2.27. The van der Waals surface area contributed by atoms with Crippen LogP contribution in [0.2, 0.25) is 0 Å². The van der Waals surface area contributed by atoms with E-state index in [1.165, 1.54) is 17.0 Å². The molecule has 0 aliphatic carbocycles. The maximum Gasteiger partial charge on any atom is 0.251 e. The van der Waals surface area contributed by atoms with Gasteiger partial charge in [-0.1, -0.05) is 36.4 Å². The smallest absolute Gasteiger partial charge is 0.251 e. The molecule has 0 saturated heterocycles. The van der Waals surface area contributed by atoms with Crippen molar-refractivity contribution in [2.45, 2.75) is 31.3 Å². The van der Waals surface area contributed by atoms with Crippen LogP contribution in [-0.2, 0) is 16.6 Å². The SMILES string of the molecule is Cc1ccc(CNC(=O)c2cccc(S(=O)(=O)NC(C)c3ccccc3)c2)s1. The number of rotatable bonds is 7. The standard InChI is InChI=1S/C21H22N2O3S2/c1-15-11-12-19(27-15)14-22-21(24)18-9-6-10-20(13-18)28(25,26)23-16(2)17-7-4-3-5-8-17/h3-13,16,23H,14H2,1-2H3,(H,22,24). The van der Waals surface area contributed by atoms with Crippen molar-refractivity contribution in [3.05, 3.63) is 87.6 Å². The number of hydrogen-bond acceptors (Lipinski definition) is 4. The topological polar surface area (TPSA) is 75.3 Å². The summed E-state index contributed by atoms with van der Waals surface area (Å²) in [6.45, 7) is 4.21. The molecule has 0 bridgehead atoms. The highest BCUT2D eigenvalue weighted by atomic mass is 32.2. The number of carbonyl (C=O) groups excluding carboxylic acids is 1. The number of hydrogen-bond donors (Lipinski definition) is 2. The highest BCUT2D eigenvalue weighted by Crippen LogP contribution is 2.18. The molecule has 0 saturated carbocycles. The first-order chi connectivity index (χ1) is 13.3. The molecule has 146 valence electrons. The molecule has 1 amide bonds. The van der Waals surface area contributed by atoms with Gasteiger partial charge in [-0.05, 0) is 49.7 Å². The van der Waals surface area contributed by atoms with Gasteiger partial charge in [0.15, 0.2) is 0 Å². The second-order valence-corrected chi connectivity index (χ2v) is 9.56. The predicted octanol–water partition coefficient (Wildman–Crippen LogP) is 4.03. The van der Waals surface area contributed by atoms with Crippen LogP contribution in [0.3, 0.4) is 0 Å². The minimum atomic E-state index is -3.76. The van der Waals surface area contributed by atoms with Crippen LogP contribution in [0, 0.1) is 6.92 Å². The summed E-state index contributed by atoms with van der Waals surface area (Å²) in [5.41, 5.74) is 1.18. The number of thiophene rings is 1. The Labute approximate surface area is 169 Å². The van der Waals surface area contributed by atoms with Gasteiger partial charge < -0.3 is 5.32 Å². The average molecular weight is 415 g/mol. The van der Waals surface area contributed by atoms with Crippen molar-refractivity contribution in [3.8, 4) is 0 Å². The third kappa shape index (κ3) is 5.07. The van der Waals surface area contributed by atoms with Gasteiger partial charge in [-0.3, -0.25) is 4.79 Å². The number of sulfonamides is 1. The molecule has 0 aliphatic heterocycles. The summed E-state index contributed by atoms with van der Waals surface area (Å²) >= 11 is 1.62. The third-order valence-electron chi connectivity index (χ3n) is 4.26. The Kier molecular flexibility index (Phi) is 6.28. The first-order valence-corrected chi connectivity index (χ1v) is 11.2. The van der Waals surface area contributed by atoms with Crippen molar-refractivity contribution >= 4 is 27.3 Å². The normalized spacial score (nSPS) is 12.5. The van der Waals surface area contributed by atoms with Crippen LogP contribution in [-0.4, -0.2) is 14.3 Å². The lowest BCUT2D eigenvalue weighted by molar-refractivity contribution is 0.0951. The van der Waals surface area contributed by atoms with E-state index in [9.17, 15) is 13.2 Å². The van der Waals surface area contributed by atoms with E-state index in [4.69, 9.17) is 0 Å². The number of amides is 1. The molecule has 0 radical (unpaired) electrons. The van der Waals surface area contributed by atoms with Gasteiger partial charge in [0.1, 0.15) is 0 Å². The lowest BCUT2D eigenvalue weighted by Gasteiger charge is -2.15. The van der Waals surface area contributed by atoms with Crippen molar-refractivity contribution in [3.63, 3.8) is 0 Å². The largest absolute Gasteiger partial charge is 0.347 e. The molecule has 0 fully saturated rings. The average Bonchev–Trinajstić information content (AvgIpc) is 3.12. The van der Waals surface area contributed by atoms with Crippen LogP contribution >= 0.6 is 11.3 Å². The fourth-order valence-corrected chi connectivity index (χ4v) is 4.87. The van der Waals surface area contributed by atoms with Crippen LogP contribution in [0.15, 0.2) is 71.6 Å². The van der Waals surface area contributed by atoms with Gasteiger partial charge in [-0.2, -0.15) is 0 Å². The quantitative estimate of drug-likeness (QED) is 0.613. The molecule has 2 aromatic carbocycles. The van der Waals surface area contributed by atoms with Crippen molar-refractivity contribution in [2.24, 2.45) is 0 Å². The van der Waals surface area contributed by atoms with Gasteiger partial charge in [0.05, 0.1) is 11.4 Å². The number of nitrogens with one attached hydrogen (secondary N) is 2. The molecule has 28 heavy (non-hydrogen) atoms. The van der Waals surface area contributed by atoms with E-state index in [1.807, 2.05) is 49.4 Å². The number of carbonyl (C=O) groups is 1. The van der Waals surface area contributed by atoms with E-state index in [2.05, 4.69) is 10.0 Å². The Morgan fingerprint density at radius 1 is 1.04 bits per heavy atom. The fourth-order valence-electron chi connectivity index (χ4n) is 2.76. The summed E-state index contributed by atoms with van der Waals surface area (Å²) in [5.74, 6) is -0.306. The Bertz CT molecular complexity index is 1060. The Hall–Kier alpha value is -2.48. The van der Waals surface area contributed by atoms with E-state index in [1.54, 1.807) is 30.4 Å². The van der Waals surface area contributed by atoms with Gasteiger partial charge >= 0.3 is 0 Å². The Morgan fingerprint density at radius 2 is 1.79 bits per heavy atom. The van der Waals surface area contributed by atoms with E-state index in [0.717, 1.165) is 10.4 Å². The maximum absolute atomic E-state index is 12.7. The summed E-state index contributed by atoms with van der Waals surface area (Å²) < 4.78 is 28.1. The van der Waals surface area contributed by atoms with Crippen molar-refractivity contribution in [1.29, 1.82) is 0 Å². The molecule has 1 heterocycles. The van der Waals surface area contributed by atoms with Crippen LogP contribution in [0.25, 0.3) is 0 Å². The molecule has 0 spiro atoms. The second kappa shape index (κ2) is 8.68. The highest BCUT2D eigenvalue weighted by molar-refractivity contribution is 7.89. The number of aryl methyl sites for hydroxylation is 1. The zero-order valence-corrected chi connectivity index (χ0v) is 17.3. The lowest BCUT2D eigenvalue weighted by atomic mass is 10.1. The summed E-state index contributed by atoms with van der Waals surface area (Å²) in [6.07, 6.45) is 0. The summed E-state index contributed by atoms with van der Waals surface area (Å²) in [4.78, 5) is 14.7. The Balaban J connectivity index is 1.71. The molecule has 0 aliphatic rings. The summed E-state index contributed by atoms with van der Waals surface area (Å²) in [6, 6.07) is 19.0. The van der Waals surface area contributed by atoms with Gasteiger partial charge in [0.25, 0.3) is 5.91 Å². The molecule has 1 unspecified atom stereocenters. The third-order valence-corrected chi connectivity index (χ3v) is 6.80. The van der Waals surface area contributed by atoms with Crippen molar-refractivity contribution < 1.29 is 13.2 Å². The highest BCUT2D eigenvalue weighted by Gasteiger charge is 2.19. The van der Waals surface area contributed by atoms with Gasteiger partial charge in [-0.25, -0.2) is 13.1 Å². The van der Waals surface area contributed by atoms with Gasteiger partial charge in [-0.15, -0.1) is 11.3 Å². The molecule has 1 atom stereocenters. The monoisotopic (exact) mass is 414 g/mol. The summed E-state index contributed by atoms with van der Waals surface area (Å²) in [5, 5.41) is 2.83. The maximum atomic E-state index is 12.7. The molecule has 7 heteroatoms. The van der Waals surface area contributed by atoms with E-state index in [-0.39, 0.29) is 16.8 Å². The first kappa shape index (κ1) is 20.3. The molecular weight excluding hydrogens is 392 g/mol. The van der Waals surface area contributed by atoms with Crippen molar-refractivity contribution in [2.75, 3.05) is 0 Å². The molecule has 3 rings (SSSR count). The minimum Gasteiger partial charge on any atom is -0.347 e. The van der Waals surface area contributed by atoms with Crippen molar-refractivity contribution in [1.82, 2.24) is 10.0 Å². The number of benzene rings is 2. The zero-order chi connectivity index (χ0) is 20.1. The molecular formula is C21H22N2O3S2. The van der Waals surface area contributed by atoms with E-state index < -0.39 is 10.0 Å². The molecule has 2 N–H and O–H groups in total. The van der Waals surface area contributed by atoms with Crippen LogP contribution in [0.1, 0.15) is 38.6 Å². The van der Waals surface area contributed by atoms with E-state index >= 15 is 0 Å². The fraction of sp³-hybridized carbons (Fsp3) is 0.190. The molecule has 5 nitrogen and oxygen atoms in total. The van der Waals surface area contributed by atoms with Crippen LogP contribution in [0.4, 0.5) is 0 Å². The predicted molar refractivity (Wildman–Crippen MR) is 112 cm³/mol. The second-order valence-electron chi connectivity index (χ2n) is 6.48. The van der Waals surface area contributed by atoms with Crippen LogP contribution < -0.4 is 10.0 Å². The minimum absolute atomic E-state index is 0.0647. The summed E-state index contributed by atoms with van der Waals surface area (Å²) in [7, 11) is -3.76. The van der Waals surface area contributed by atoms with Crippen LogP contribution in [0.5, 0.6) is 0 Å². The molecule has 3 aromatic rings. The zero-order valence-electron chi connectivity index (χ0n) is 15.7. The first-order valence-electron chi connectivity index (χ1n) is 8.86. The van der Waals surface area contributed by atoms with Gasteiger partial charge in [0, 0.05) is 21.4 Å². The molecule has 1 aromatic heterocycles. The van der Waals surface area contributed by atoms with Gasteiger partial charge in [0.2, 0.25) is 10.0 Å².